The molecule has 2 aromatic heterocycles. The van der Waals surface area contributed by atoms with Crippen LogP contribution in [0.4, 0.5) is 10.2 Å². The molecule has 1 amide bonds. The zero-order chi connectivity index (χ0) is 21.7. The highest BCUT2D eigenvalue weighted by Gasteiger charge is 2.44. The van der Waals surface area contributed by atoms with Gasteiger partial charge in [0.2, 0.25) is 5.76 Å². The Morgan fingerprint density at radius 1 is 1.06 bits per heavy atom. The SMILES string of the molecule is CSc1ccc([C@@H]2c3c(oc4ccc(F)cc4c3=O)C(=O)N2c2cc(C)ccn2)cc1. The van der Waals surface area contributed by atoms with Gasteiger partial charge in [-0.3, -0.25) is 14.5 Å². The van der Waals surface area contributed by atoms with E-state index in [2.05, 4.69) is 4.98 Å². The van der Waals surface area contributed by atoms with Gasteiger partial charge in [0.15, 0.2) is 5.43 Å². The van der Waals surface area contributed by atoms with Gasteiger partial charge in [-0.15, -0.1) is 11.8 Å². The number of nitrogens with zero attached hydrogens (tertiary/aromatic N) is 2. The zero-order valence-corrected chi connectivity index (χ0v) is 17.6. The number of anilines is 1. The van der Waals surface area contributed by atoms with Crippen LogP contribution in [0.2, 0.25) is 0 Å². The predicted octanol–water partition coefficient (Wildman–Crippen LogP) is 5.11. The molecular formula is C24H17FN2O3S. The van der Waals surface area contributed by atoms with Gasteiger partial charge in [-0.25, -0.2) is 9.37 Å². The number of aryl methyl sites for hydroxylation is 1. The molecule has 1 aliphatic rings. The number of carbonyl (C=O) groups is 1. The maximum Gasteiger partial charge on any atom is 0.296 e. The summed E-state index contributed by atoms with van der Waals surface area (Å²) in [5, 5.41) is 0.108. The molecule has 31 heavy (non-hydrogen) atoms. The Morgan fingerprint density at radius 3 is 2.55 bits per heavy atom. The van der Waals surface area contributed by atoms with Crippen molar-refractivity contribution in [3.8, 4) is 0 Å². The molecule has 7 heteroatoms. The molecule has 0 saturated carbocycles. The first-order chi connectivity index (χ1) is 15.0. The van der Waals surface area contributed by atoms with E-state index >= 15 is 0 Å². The number of fused-ring (bicyclic) bond motifs is 2. The summed E-state index contributed by atoms with van der Waals surface area (Å²) in [6.45, 7) is 1.90. The van der Waals surface area contributed by atoms with Gasteiger partial charge < -0.3 is 4.42 Å². The van der Waals surface area contributed by atoms with E-state index in [0.29, 0.717) is 5.82 Å². The molecular weight excluding hydrogens is 415 g/mol. The molecule has 2 aromatic carbocycles. The summed E-state index contributed by atoms with van der Waals surface area (Å²) < 4.78 is 19.7. The van der Waals surface area contributed by atoms with Crippen LogP contribution < -0.4 is 10.3 Å². The Morgan fingerprint density at radius 2 is 1.84 bits per heavy atom. The first-order valence-corrected chi connectivity index (χ1v) is 10.9. The molecule has 1 atom stereocenters. The van der Waals surface area contributed by atoms with Gasteiger partial charge >= 0.3 is 0 Å². The number of rotatable bonds is 3. The van der Waals surface area contributed by atoms with Crippen LogP contribution in [-0.2, 0) is 0 Å². The molecule has 0 N–H and O–H groups in total. The summed E-state index contributed by atoms with van der Waals surface area (Å²) >= 11 is 1.60. The second kappa shape index (κ2) is 7.35. The van der Waals surface area contributed by atoms with E-state index in [9.17, 15) is 14.0 Å². The summed E-state index contributed by atoms with van der Waals surface area (Å²) in [5.74, 6) is -0.603. The van der Waals surface area contributed by atoms with E-state index in [0.717, 1.165) is 22.1 Å². The van der Waals surface area contributed by atoms with Gasteiger partial charge in [0.1, 0.15) is 17.2 Å². The minimum absolute atomic E-state index is 0.0358. The number of aromatic nitrogens is 1. The van der Waals surface area contributed by atoms with Crippen LogP contribution in [-0.4, -0.2) is 17.1 Å². The largest absolute Gasteiger partial charge is 0.450 e. The molecule has 4 aromatic rings. The van der Waals surface area contributed by atoms with Crippen molar-refractivity contribution in [1.82, 2.24) is 4.98 Å². The average Bonchev–Trinajstić information content (AvgIpc) is 3.07. The van der Waals surface area contributed by atoms with Gasteiger partial charge in [-0.05, 0) is 66.8 Å². The lowest BCUT2D eigenvalue weighted by Gasteiger charge is -2.24. The number of benzene rings is 2. The molecule has 0 aliphatic carbocycles. The molecule has 5 rings (SSSR count). The molecule has 0 saturated heterocycles. The molecule has 0 radical (unpaired) electrons. The third kappa shape index (κ3) is 3.13. The monoisotopic (exact) mass is 432 g/mol. The molecule has 0 unspecified atom stereocenters. The maximum atomic E-state index is 13.9. The van der Waals surface area contributed by atoms with E-state index in [1.54, 1.807) is 24.0 Å². The van der Waals surface area contributed by atoms with E-state index in [-0.39, 0.29) is 22.3 Å². The fourth-order valence-electron chi connectivity index (χ4n) is 3.93. The normalized spacial score (nSPS) is 15.5. The Bertz CT molecular complexity index is 1400. The number of halogens is 1. The quantitative estimate of drug-likeness (QED) is 0.421. The summed E-state index contributed by atoms with van der Waals surface area (Å²) in [5.41, 5.74) is 1.63. The van der Waals surface area contributed by atoms with E-state index in [4.69, 9.17) is 4.42 Å². The number of carbonyl (C=O) groups excluding carboxylic acids is 1. The van der Waals surface area contributed by atoms with Crippen molar-refractivity contribution in [2.75, 3.05) is 11.2 Å². The van der Waals surface area contributed by atoms with Crippen LogP contribution in [0.3, 0.4) is 0 Å². The third-order valence-electron chi connectivity index (χ3n) is 5.41. The fraction of sp³-hybridized carbons (Fsp3) is 0.125. The first-order valence-electron chi connectivity index (χ1n) is 9.64. The highest BCUT2D eigenvalue weighted by molar-refractivity contribution is 7.98. The van der Waals surface area contributed by atoms with Gasteiger partial charge in [0.05, 0.1) is 17.0 Å². The second-order valence-corrected chi connectivity index (χ2v) is 8.24. The van der Waals surface area contributed by atoms with Crippen molar-refractivity contribution in [2.24, 2.45) is 0 Å². The lowest BCUT2D eigenvalue weighted by Crippen LogP contribution is -2.30. The topological polar surface area (TPSA) is 63.4 Å². The van der Waals surface area contributed by atoms with Gasteiger partial charge in [-0.2, -0.15) is 0 Å². The first kappa shape index (κ1) is 19.5. The number of thioether (sulfide) groups is 1. The van der Waals surface area contributed by atoms with Gasteiger partial charge in [0.25, 0.3) is 5.91 Å². The van der Waals surface area contributed by atoms with Crippen LogP contribution in [0.5, 0.6) is 0 Å². The van der Waals surface area contributed by atoms with E-state index in [1.807, 2.05) is 43.5 Å². The Kier molecular flexibility index (Phi) is 4.63. The van der Waals surface area contributed by atoms with E-state index < -0.39 is 23.2 Å². The lowest BCUT2D eigenvalue weighted by atomic mass is 9.98. The standard InChI is InChI=1S/C24H17FN2O3S/c1-13-9-10-26-19(11-13)27-21(14-3-6-16(31-2)7-4-14)20-22(28)17-12-15(25)5-8-18(17)30-23(20)24(27)29/h3-12,21H,1-2H3/t21-/m1/s1. The summed E-state index contributed by atoms with van der Waals surface area (Å²) in [6.07, 6.45) is 3.59. The van der Waals surface area contributed by atoms with Crippen molar-refractivity contribution >= 4 is 34.5 Å². The van der Waals surface area contributed by atoms with Gasteiger partial charge in [0, 0.05) is 11.1 Å². The molecule has 0 spiro atoms. The van der Waals surface area contributed by atoms with Crippen molar-refractivity contribution in [3.05, 3.63) is 99.3 Å². The van der Waals surface area contributed by atoms with Crippen molar-refractivity contribution in [2.45, 2.75) is 17.9 Å². The summed E-state index contributed by atoms with van der Waals surface area (Å²) in [6, 6.07) is 14.3. The molecule has 154 valence electrons. The Labute approximate surface area is 181 Å². The summed E-state index contributed by atoms with van der Waals surface area (Å²) in [4.78, 5) is 33.8. The van der Waals surface area contributed by atoms with E-state index in [1.165, 1.54) is 17.0 Å². The summed E-state index contributed by atoms with van der Waals surface area (Å²) in [7, 11) is 0. The smallest absolute Gasteiger partial charge is 0.296 e. The molecule has 0 fully saturated rings. The van der Waals surface area contributed by atoms with Crippen LogP contribution >= 0.6 is 11.8 Å². The molecule has 5 nitrogen and oxygen atoms in total. The number of amides is 1. The third-order valence-corrected chi connectivity index (χ3v) is 6.16. The van der Waals surface area contributed by atoms with Gasteiger partial charge in [-0.1, -0.05) is 12.1 Å². The predicted molar refractivity (Wildman–Crippen MR) is 118 cm³/mol. The van der Waals surface area contributed by atoms with Crippen LogP contribution in [0.1, 0.15) is 33.3 Å². The highest BCUT2D eigenvalue weighted by Crippen LogP contribution is 2.41. The zero-order valence-electron chi connectivity index (χ0n) is 16.8. The Hall–Kier alpha value is -3.45. The minimum Gasteiger partial charge on any atom is -0.450 e. The van der Waals surface area contributed by atoms with Crippen molar-refractivity contribution in [1.29, 1.82) is 0 Å². The minimum atomic E-state index is -0.725. The number of hydrogen-bond donors (Lipinski definition) is 0. The van der Waals surface area contributed by atoms with Crippen molar-refractivity contribution < 1.29 is 13.6 Å². The van der Waals surface area contributed by atoms with Crippen LogP contribution in [0.15, 0.2) is 74.9 Å². The second-order valence-electron chi connectivity index (χ2n) is 7.36. The maximum absolute atomic E-state index is 13.9. The highest BCUT2D eigenvalue weighted by atomic mass is 32.2. The fourth-order valence-corrected chi connectivity index (χ4v) is 4.34. The average molecular weight is 432 g/mol. The van der Waals surface area contributed by atoms with Crippen LogP contribution in [0.25, 0.3) is 11.0 Å². The molecule has 1 aliphatic heterocycles. The Balaban J connectivity index is 1.80. The number of hydrogen-bond acceptors (Lipinski definition) is 5. The van der Waals surface area contributed by atoms with Crippen molar-refractivity contribution in [3.63, 3.8) is 0 Å². The van der Waals surface area contributed by atoms with Crippen LogP contribution in [0, 0.1) is 12.7 Å². The lowest BCUT2D eigenvalue weighted by molar-refractivity contribution is 0.0970. The number of pyridine rings is 1. The molecule has 3 heterocycles. The molecule has 0 bridgehead atoms.